The Bertz CT molecular complexity index is 642. The number of anilines is 1. The summed E-state index contributed by atoms with van der Waals surface area (Å²) < 4.78 is 26.1. The van der Waals surface area contributed by atoms with Crippen molar-refractivity contribution >= 4 is 50.4 Å². The molecule has 0 amide bonds. The monoisotopic (exact) mass is 309 g/mol. The van der Waals surface area contributed by atoms with Crippen molar-refractivity contribution < 1.29 is 8.42 Å². The highest BCUT2D eigenvalue weighted by atomic mass is 35.5. The highest BCUT2D eigenvalue weighted by Gasteiger charge is 2.18. The van der Waals surface area contributed by atoms with E-state index in [-0.39, 0.29) is 19.6 Å². The third-order valence-electron chi connectivity index (χ3n) is 1.68. The number of pyridine rings is 1. The van der Waals surface area contributed by atoms with E-state index in [1.165, 1.54) is 12.3 Å². The van der Waals surface area contributed by atoms with E-state index in [9.17, 15) is 8.42 Å². The van der Waals surface area contributed by atoms with Crippen molar-refractivity contribution in [3.8, 4) is 0 Å². The third-order valence-corrected chi connectivity index (χ3v) is 4.82. The Morgan fingerprint density at radius 3 is 2.65 bits per heavy atom. The minimum Gasteiger partial charge on any atom is -0.263 e. The molecule has 2 rings (SSSR count). The topological polar surface area (TPSA) is 72.0 Å². The molecule has 1 N–H and O–H groups in total. The Labute approximate surface area is 111 Å². The van der Waals surface area contributed by atoms with Gasteiger partial charge in [0.05, 0.1) is 6.20 Å². The van der Waals surface area contributed by atoms with Crippen LogP contribution in [0, 0.1) is 0 Å². The second kappa shape index (κ2) is 4.77. The van der Waals surface area contributed by atoms with Gasteiger partial charge in [-0.3, -0.25) is 4.72 Å². The Morgan fingerprint density at radius 2 is 2.06 bits per heavy atom. The van der Waals surface area contributed by atoms with E-state index in [0.29, 0.717) is 0 Å². The molecule has 2 heterocycles. The number of hydrogen-bond donors (Lipinski definition) is 1. The summed E-state index contributed by atoms with van der Waals surface area (Å²) in [7, 11) is -3.71. The van der Waals surface area contributed by atoms with Gasteiger partial charge in [-0.25, -0.2) is 18.4 Å². The van der Waals surface area contributed by atoms with Crippen LogP contribution in [-0.4, -0.2) is 18.4 Å². The minimum absolute atomic E-state index is 0.0178. The molecule has 0 aromatic carbocycles. The molecule has 2 aromatic heterocycles. The molecule has 17 heavy (non-hydrogen) atoms. The van der Waals surface area contributed by atoms with Crippen LogP contribution in [0.2, 0.25) is 9.62 Å². The van der Waals surface area contributed by atoms with E-state index in [1.54, 1.807) is 12.1 Å². The standard InChI is InChI=1S/C8H5Cl2N3O2S2/c9-5-2-1-3-6(12-5)13-17(14,15)7-4-11-8(10)16-7/h1-4H,(H,12,13). The molecule has 0 aliphatic carbocycles. The maximum absolute atomic E-state index is 11.8. The van der Waals surface area contributed by atoms with Gasteiger partial charge in [0.2, 0.25) is 0 Å². The van der Waals surface area contributed by atoms with Gasteiger partial charge in [-0.1, -0.05) is 40.6 Å². The van der Waals surface area contributed by atoms with Crippen molar-refractivity contribution in [1.29, 1.82) is 0 Å². The SMILES string of the molecule is O=S(=O)(Nc1cccc(Cl)n1)c1cnc(Cl)s1. The van der Waals surface area contributed by atoms with Crippen LogP contribution in [0.3, 0.4) is 0 Å². The van der Waals surface area contributed by atoms with Gasteiger partial charge in [-0.05, 0) is 12.1 Å². The number of sulfonamides is 1. The van der Waals surface area contributed by atoms with Gasteiger partial charge >= 0.3 is 0 Å². The van der Waals surface area contributed by atoms with Crippen LogP contribution in [0.1, 0.15) is 0 Å². The van der Waals surface area contributed by atoms with Gasteiger partial charge in [0.15, 0.2) is 8.68 Å². The van der Waals surface area contributed by atoms with Gasteiger partial charge in [0.1, 0.15) is 11.0 Å². The smallest absolute Gasteiger partial charge is 0.263 e. The van der Waals surface area contributed by atoms with Gasteiger partial charge < -0.3 is 0 Å². The summed E-state index contributed by atoms with van der Waals surface area (Å²) in [5.41, 5.74) is 0. The molecule has 0 saturated carbocycles. The number of halogens is 2. The van der Waals surface area contributed by atoms with Crippen LogP contribution in [-0.2, 0) is 10.0 Å². The van der Waals surface area contributed by atoms with Crippen LogP contribution >= 0.6 is 34.5 Å². The number of aromatic nitrogens is 2. The Balaban J connectivity index is 2.29. The normalized spacial score (nSPS) is 11.4. The molecule has 0 saturated heterocycles. The minimum atomic E-state index is -3.71. The maximum atomic E-state index is 11.8. The highest BCUT2D eigenvalue weighted by molar-refractivity contribution is 7.94. The molecular weight excluding hydrogens is 305 g/mol. The first kappa shape index (κ1) is 12.6. The summed E-state index contributed by atoms with van der Waals surface area (Å²) in [6.45, 7) is 0. The van der Waals surface area contributed by atoms with Crippen LogP contribution in [0.5, 0.6) is 0 Å². The van der Waals surface area contributed by atoms with Gasteiger partial charge in [-0.15, -0.1) is 0 Å². The quantitative estimate of drug-likeness (QED) is 0.885. The number of nitrogens with zero attached hydrogens (tertiary/aromatic N) is 2. The molecule has 0 bridgehead atoms. The molecule has 0 unspecified atom stereocenters. The van der Waals surface area contributed by atoms with Crippen LogP contribution in [0.25, 0.3) is 0 Å². The molecule has 0 fully saturated rings. The zero-order valence-corrected chi connectivity index (χ0v) is 11.2. The van der Waals surface area contributed by atoms with Crippen LogP contribution in [0.4, 0.5) is 5.82 Å². The summed E-state index contributed by atoms with van der Waals surface area (Å²) in [5, 5.41) is 0.201. The third kappa shape index (κ3) is 3.06. The van der Waals surface area contributed by atoms with Gasteiger partial charge in [-0.2, -0.15) is 0 Å². The average Bonchev–Trinajstić information content (AvgIpc) is 2.65. The van der Waals surface area contributed by atoms with E-state index in [4.69, 9.17) is 23.2 Å². The first-order valence-corrected chi connectivity index (χ1v) is 7.30. The van der Waals surface area contributed by atoms with Crippen LogP contribution in [0.15, 0.2) is 28.6 Å². The molecule has 0 atom stereocenters. The number of nitrogens with one attached hydrogen (secondary N) is 1. The van der Waals surface area contributed by atoms with Crippen molar-refractivity contribution in [3.05, 3.63) is 34.0 Å². The van der Waals surface area contributed by atoms with E-state index >= 15 is 0 Å². The van der Waals surface area contributed by atoms with Crippen molar-refractivity contribution in [2.24, 2.45) is 0 Å². The van der Waals surface area contributed by atoms with Crippen molar-refractivity contribution in [2.75, 3.05) is 4.72 Å². The summed E-state index contributed by atoms with van der Waals surface area (Å²) >= 11 is 12.1. The average molecular weight is 310 g/mol. The molecule has 5 nitrogen and oxygen atoms in total. The van der Waals surface area contributed by atoms with Crippen molar-refractivity contribution in [3.63, 3.8) is 0 Å². The van der Waals surface area contributed by atoms with E-state index in [0.717, 1.165) is 11.3 Å². The summed E-state index contributed by atoms with van der Waals surface area (Å²) in [6.07, 6.45) is 1.18. The predicted octanol–water partition coefficient (Wildman–Crippen LogP) is 2.65. The molecule has 0 aliphatic rings. The number of hydrogen-bond acceptors (Lipinski definition) is 5. The Morgan fingerprint density at radius 1 is 1.29 bits per heavy atom. The van der Waals surface area contributed by atoms with Gasteiger partial charge in [0.25, 0.3) is 10.0 Å². The summed E-state index contributed by atoms with van der Waals surface area (Å²) in [6, 6.07) is 4.63. The molecule has 0 spiro atoms. The number of thiazole rings is 1. The lowest BCUT2D eigenvalue weighted by molar-refractivity contribution is 0.603. The zero-order valence-electron chi connectivity index (χ0n) is 8.09. The lowest BCUT2D eigenvalue weighted by Gasteiger charge is -2.04. The molecule has 0 aliphatic heterocycles. The van der Waals surface area contributed by atoms with Gasteiger partial charge in [0, 0.05) is 0 Å². The lowest BCUT2D eigenvalue weighted by atomic mass is 10.5. The highest BCUT2D eigenvalue weighted by Crippen LogP contribution is 2.24. The predicted molar refractivity (Wildman–Crippen MR) is 67.2 cm³/mol. The fraction of sp³-hybridized carbons (Fsp3) is 0. The first-order chi connectivity index (χ1) is 7.97. The summed E-state index contributed by atoms with van der Waals surface area (Å²) in [5.74, 6) is 0.141. The molecule has 90 valence electrons. The summed E-state index contributed by atoms with van der Waals surface area (Å²) in [4.78, 5) is 7.48. The first-order valence-electron chi connectivity index (χ1n) is 4.24. The fourth-order valence-electron chi connectivity index (χ4n) is 1.02. The zero-order chi connectivity index (χ0) is 12.5. The second-order valence-corrected chi connectivity index (χ2v) is 6.79. The molecule has 9 heteroatoms. The van der Waals surface area contributed by atoms with Crippen molar-refractivity contribution in [2.45, 2.75) is 4.21 Å². The largest absolute Gasteiger partial charge is 0.274 e. The van der Waals surface area contributed by atoms with E-state index in [1.807, 2.05) is 0 Å². The fourth-order valence-corrected chi connectivity index (χ4v) is 3.47. The van der Waals surface area contributed by atoms with Crippen LogP contribution < -0.4 is 4.72 Å². The lowest BCUT2D eigenvalue weighted by Crippen LogP contribution is -2.12. The van der Waals surface area contributed by atoms with E-state index < -0.39 is 10.0 Å². The second-order valence-electron chi connectivity index (χ2n) is 2.88. The molecule has 0 radical (unpaired) electrons. The van der Waals surface area contributed by atoms with Crippen molar-refractivity contribution in [1.82, 2.24) is 9.97 Å². The van der Waals surface area contributed by atoms with E-state index in [2.05, 4.69) is 14.7 Å². The Hall–Kier alpha value is -0.890. The number of rotatable bonds is 3. The Kier molecular flexibility index (Phi) is 3.53. The molecular formula is C8H5Cl2N3O2S2. The maximum Gasteiger partial charge on any atom is 0.274 e. The molecule has 2 aromatic rings.